The van der Waals surface area contributed by atoms with Gasteiger partial charge in [0.2, 0.25) is 17.2 Å². The zero-order valence-electron chi connectivity index (χ0n) is 19.8. The second-order valence-electron chi connectivity index (χ2n) is 8.86. The molecule has 0 radical (unpaired) electrons. The summed E-state index contributed by atoms with van der Waals surface area (Å²) in [6.45, 7) is 3.18. The highest BCUT2D eigenvalue weighted by Gasteiger charge is 2.26. The predicted molar refractivity (Wildman–Crippen MR) is 134 cm³/mol. The molecule has 0 unspecified atom stereocenters. The van der Waals surface area contributed by atoms with Gasteiger partial charge in [-0.05, 0) is 31.9 Å². The average Bonchev–Trinajstić information content (AvgIpc) is 3.25. The molecule has 2 N–H and O–H groups in total. The number of hydrogen-bond acceptors (Lipinski definition) is 6. The summed E-state index contributed by atoms with van der Waals surface area (Å²) in [5.74, 6) is 6.46. The Morgan fingerprint density at radius 1 is 1.20 bits per heavy atom. The van der Waals surface area contributed by atoms with E-state index in [4.69, 9.17) is 10.7 Å². The number of piperidine rings is 1. The minimum Gasteiger partial charge on any atom is -0.618 e. The van der Waals surface area contributed by atoms with Crippen LogP contribution in [0.5, 0.6) is 0 Å². The molecule has 10 heteroatoms. The molecular weight excluding hydrogens is 446 g/mol. The first kappa shape index (κ1) is 22.7. The van der Waals surface area contributed by atoms with Crippen LogP contribution in [0.25, 0.3) is 22.1 Å². The van der Waals surface area contributed by atoms with Gasteiger partial charge in [0.25, 0.3) is 5.56 Å². The van der Waals surface area contributed by atoms with Gasteiger partial charge in [-0.2, -0.15) is 9.71 Å². The number of fused-ring (bicyclic) bond motifs is 2. The van der Waals surface area contributed by atoms with Crippen molar-refractivity contribution in [2.24, 2.45) is 12.8 Å². The topological polar surface area (TPSA) is 118 Å². The van der Waals surface area contributed by atoms with Gasteiger partial charge < -0.3 is 15.8 Å². The summed E-state index contributed by atoms with van der Waals surface area (Å²) in [5, 5.41) is 13.8. The minimum absolute atomic E-state index is 0.00940. The fourth-order valence-corrected chi connectivity index (χ4v) is 4.74. The van der Waals surface area contributed by atoms with Gasteiger partial charge in [0.1, 0.15) is 6.54 Å². The molecular formula is C25H27N7O3. The number of rotatable bonds is 4. The van der Waals surface area contributed by atoms with E-state index < -0.39 is 11.2 Å². The molecule has 0 bridgehead atoms. The summed E-state index contributed by atoms with van der Waals surface area (Å²) in [4.78, 5) is 33.7. The smallest absolute Gasteiger partial charge is 0.333 e. The number of para-hydroxylation sites is 1. The zero-order chi connectivity index (χ0) is 24.7. The van der Waals surface area contributed by atoms with Crippen molar-refractivity contribution < 1.29 is 4.73 Å². The van der Waals surface area contributed by atoms with Crippen LogP contribution in [0.4, 0.5) is 5.95 Å². The lowest BCUT2D eigenvalue weighted by atomic mass is 10.1. The number of aryl methyl sites for hydroxylation is 1. The van der Waals surface area contributed by atoms with Crippen molar-refractivity contribution in [2.75, 3.05) is 18.0 Å². The standard InChI is InChI=1S/C25H27N7O3/c1-3-4-14-30-21-22(27-24(30)29-13-7-9-18(26)15-29)28(2)25(34)31(23(21)33)16-19-12-11-17-8-5-6-10-20(17)32(19)35/h5-6,8,10-12,18H,7,9,13-16,26H2,1-2H3/t18-/m1/s1. The third-order valence-corrected chi connectivity index (χ3v) is 6.56. The maximum absolute atomic E-state index is 13.7. The summed E-state index contributed by atoms with van der Waals surface area (Å²) in [7, 11) is 1.58. The summed E-state index contributed by atoms with van der Waals surface area (Å²) in [6.07, 6.45) is 1.84. The summed E-state index contributed by atoms with van der Waals surface area (Å²) in [6, 6.07) is 10.6. The Kier molecular flexibility index (Phi) is 5.78. The van der Waals surface area contributed by atoms with Crippen LogP contribution in [0.15, 0.2) is 46.0 Å². The largest absolute Gasteiger partial charge is 0.618 e. The molecule has 180 valence electrons. The number of anilines is 1. The highest BCUT2D eigenvalue weighted by molar-refractivity contribution is 5.76. The minimum atomic E-state index is -0.538. The van der Waals surface area contributed by atoms with Gasteiger partial charge in [-0.15, -0.1) is 5.92 Å². The lowest BCUT2D eigenvalue weighted by Crippen LogP contribution is -2.44. The fraction of sp³-hybridized carbons (Fsp3) is 0.360. The van der Waals surface area contributed by atoms with Crippen LogP contribution in [-0.2, 0) is 20.1 Å². The fourth-order valence-electron chi connectivity index (χ4n) is 4.74. The number of imidazole rings is 1. The van der Waals surface area contributed by atoms with Crippen LogP contribution < -0.4 is 26.6 Å². The van der Waals surface area contributed by atoms with Gasteiger partial charge in [-0.3, -0.25) is 13.9 Å². The van der Waals surface area contributed by atoms with Crippen LogP contribution in [0.1, 0.15) is 25.5 Å². The third-order valence-electron chi connectivity index (χ3n) is 6.56. The molecule has 4 heterocycles. The highest BCUT2D eigenvalue weighted by Crippen LogP contribution is 2.23. The predicted octanol–water partition coefficient (Wildman–Crippen LogP) is 0.682. The number of pyridine rings is 1. The Morgan fingerprint density at radius 3 is 2.77 bits per heavy atom. The normalized spacial score (nSPS) is 16.0. The lowest BCUT2D eigenvalue weighted by Gasteiger charge is -2.31. The maximum atomic E-state index is 13.7. The Hall–Kier alpha value is -4.10. The monoisotopic (exact) mass is 473 g/mol. The molecule has 3 aromatic heterocycles. The number of nitrogens with zero attached hydrogens (tertiary/aromatic N) is 6. The molecule has 4 aromatic rings. The van der Waals surface area contributed by atoms with Crippen molar-refractivity contribution in [1.29, 1.82) is 0 Å². The molecule has 1 fully saturated rings. The Labute approximate surface area is 201 Å². The van der Waals surface area contributed by atoms with E-state index in [1.54, 1.807) is 36.7 Å². The summed E-state index contributed by atoms with van der Waals surface area (Å²) < 4.78 is 4.97. The molecule has 1 aliphatic heterocycles. The molecule has 1 saturated heterocycles. The van der Waals surface area contributed by atoms with Crippen LogP contribution in [0.3, 0.4) is 0 Å². The van der Waals surface area contributed by atoms with Crippen molar-refractivity contribution in [3.05, 3.63) is 68.1 Å². The quantitative estimate of drug-likeness (QED) is 0.265. The average molecular weight is 474 g/mol. The summed E-state index contributed by atoms with van der Waals surface area (Å²) >= 11 is 0. The van der Waals surface area contributed by atoms with Gasteiger partial charge in [-0.1, -0.05) is 18.1 Å². The molecule has 0 aliphatic carbocycles. The highest BCUT2D eigenvalue weighted by atomic mass is 16.5. The Morgan fingerprint density at radius 2 is 2.00 bits per heavy atom. The van der Waals surface area contributed by atoms with Gasteiger partial charge in [0, 0.05) is 43.7 Å². The Bertz CT molecular complexity index is 1620. The van der Waals surface area contributed by atoms with E-state index in [1.807, 2.05) is 18.2 Å². The van der Waals surface area contributed by atoms with E-state index in [0.717, 1.165) is 34.1 Å². The van der Waals surface area contributed by atoms with E-state index in [2.05, 4.69) is 16.7 Å². The molecule has 0 amide bonds. The second kappa shape index (κ2) is 8.92. The van der Waals surface area contributed by atoms with E-state index in [9.17, 15) is 14.8 Å². The van der Waals surface area contributed by atoms with Gasteiger partial charge in [0.15, 0.2) is 11.2 Å². The molecule has 1 atom stereocenters. The van der Waals surface area contributed by atoms with Crippen molar-refractivity contribution in [2.45, 2.75) is 38.9 Å². The number of aromatic nitrogens is 5. The first-order valence-electron chi connectivity index (χ1n) is 11.6. The molecule has 5 rings (SSSR count). The second-order valence-corrected chi connectivity index (χ2v) is 8.86. The first-order valence-corrected chi connectivity index (χ1v) is 11.6. The number of benzene rings is 1. The van der Waals surface area contributed by atoms with Crippen molar-refractivity contribution in [3.8, 4) is 11.8 Å². The molecule has 10 nitrogen and oxygen atoms in total. The maximum Gasteiger partial charge on any atom is 0.333 e. The van der Waals surface area contributed by atoms with Crippen LogP contribution in [0, 0.1) is 17.0 Å². The van der Waals surface area contributed by atoms with Crippen molar-refractivity contribution in [1.82, 2.24) is 18.7 Å². The van der Waals surface area contributed by atoms with Gasteiger partial charge >= 0.3 is 5.69 Å². The molecule has 0 spiro atoms. The van der Waals surface area contributed by atoms with Crippen molar-refractivity contribution in [3.63, 3.8) is 0 Å². The van der Waals surface area contributed by atoms with Gasteiger partial charge in [0.05, 0.1) is 6.54 Å². The van der Waals surface area contributed by atoms with E-state index >= 15 is 0 Å². The lowest BCUT2D eigenvalue weighted by molar-refractivity contribution is -0.586. The molecule has 1 aliphatic rings. The van der Waals surface area contributed by atoms with E-state index in [-0.39, 0.29) is 30.3 Å². The van der Waals surface area contributed by atoms with Crippen LogP contribution in [-0.4, -0.2) is 37.8 Å². The first-order chi connectivity index (χ1) is 16.9. The number of hydrogen-bond donors (Lipinski definition) is 1. The number of nitrogens with two attached hydrogens (primary N) is 1. The van der Waals surface area contributed by atoms with Crippen LogP contribution in [0.2, 0.25) is 0 Å². The molecule has 0 saturated carbocycles. The third kappa shape index (κ3) is 3.84. The SMILES string of the molecule is CC#CCn1c(N2CCC[C@@H](N)C2)nc2c1c(=O)n(Cc1ccc3ccccc3[n+]1[O-])c(=O)n2C. The van der Waals surface area contributed by atoms with E-state index in [1.165, 1.54) is 4.57 Å². The van der Waals surface area contributed by atoms with Crippen LogP contribution >= 0.6 is 0 Å². The van der Waals surface area contributed by atoms with Gasteiger partial charge in [-0.25, -0.2) is 9.36 Å². The summed E-state index contributed by atoms with van der Waals surface area (Å²) in [5.41, 5.74) is 6.49. The van der Waals surface area contributed by atoms with Crippen molar-refractivity contribution >= 4 is 28.0 Å². The molecule has 35 heavy (non-hydrogen) atoms. The Balaban J connectivity index is 1.70. The van der Waals surface area contributed by atoms with E-state index in [0.29, 0.717) is 23.7 Å². The zero-order valence-corrected chi connectivity index (χ0v) is 19.8. The molecule has 1 aromatic carbocycles.